The van der Waals surface area contributed by atoms with Crippen LogP contribution in [-0.4, -0.2) is 16.5 Å². The average molecular weight is 325 g/mol. The molecule has 0 bridgehead atoms. The van der Waals surface area contributed by atoms with Crippen LogP contribution in [0.25, 0.3) is 0 Å². The van der Waals surface area contributed by atoms with E-state index in [9.17, 15) is 0 Å². The van der Waals surface area contributed by atoms with Crippen LogP contribution in [0.5, 0.6) is 0 Å². The van der Waals surface area contributed by atoms with Gasteiger partial charge in [-0.1, -0.05) is 0 Å². The van der Waals surface area contributed by atoms with Crippen molar-refractivity contribution in [1.29, 1.82) is 0 Å². The van der Waals surface area contributed by atoms with Crippen molar-refractivity contribution in [3.05, 3.63) is 38.4 Å². The number of anilines is 1. The topological polar surface area (TPSA) is 49.8 Å². The van der Waals surface area contributed by atoms with Gasteiger partial charge in [0.2, 0.25) is 0 Å². The maximum atomic E-state index is 4.34. The predicted molar refractivity (Wildman–Crippen MR) is 76.8 cm³/mol. The minimum Gasteiger partial charge on any atom is -0.365 e. The highest BCUT2D eigenvalue weighted by Gasteiger charge is 2.14. The summed E-state index contributed by atoms with van der Waals surface area (Å²) in [6.07, 6.45) is 2.63. The number of hydrogen-bond acceptors (Lipinski definition) is 5. The fourth-order valence-electron chi connectivity index (χ4n) is 2.04. The Morgan fingerprint density at radius 2 is 2.33 bits per heavy atom. The van der Waals surface area contributed by atoms with Gasteiger partial charge in [-0.3, -0.25) is 0 Å². The highest BCUT2D eigenvalue weighted by Crippen LogP contribution is 2.24. The van der Waals surface area contributed by atoms with Crippen molar-refractivity contribution in [2.24, 2.45) is 0 Å². The Labute approximate surface area is 118 Å². The first-order valence-corrected chi connectivity index (χ1v) is 7.45. The molecule has 94 valence electrons. The van der Waals surface area contributed by atoms with Gasteiger partial charge in [0.25, 0.3) is 0 Å². The Kier molecular flexibility index (Phi) is 3.58. The summed E-state index contributed by atoms with van der Waals surface area (Å²) < 4.78 is 1.16. The van der Waals surface area contributed by atoms with Crippen molar-refractivity contribution in [2.75, 3.05) is 11.9 Å². The molecular formula is C12H13BrN4S. The molecule has 18 heavy (non-hydrogen) atoms. The van der Waals surface area contributed by atoms with Crippen LogP contribution in [-0.2, 0) is 19.5 Å². The SMILES string of the molecule is Brc1ccc(CNc2ncnc3c2CNCC3)s1. The van der Waals surface area contributed by atoms with E-state index in [4.69, 9.17) is 0 Å². The molecule has 0 fully saturated rings. The smallest absolute Gasteiger partial charge is 0.134 e. The summed E-state index contributed by atoms with van der Waals surface area (Å²) >= 11 is 5.21. The third kappa shape index (κ3) is 2.55. The number of nitrogens with one attached hydrogen (secondary N) is 2. The zero-order chi connectivity index (χ0) is 12.4. The monoisotopic (exact) mass is 324 g/mol. The lowest BCUT2D eigenvalue weighted by atomic mass is 10.1. The van der Waals surface area contributed by atoms with Gasteiger partial charge in [0.1, 0.15) is 12.1 Å². The largest absolute Gasteiger partial charge is 0.365 e. The van der Waals surface area contributed by atoms with Gasteiger partial charge in [0, 0.05) is 30.0 Å². The molecule has 0 spiro atoms. The van der Waals surface area contributed by atoms with Crippen LogP contribution >= 0.6 is 27.3 Å². The van der Waals surface area contributed by atoms with E-state index in [1.165, 1.54) is 16.1 Å². The third-order valence-corrected chi connectivity index (χ3v) is 4.56. The summed E-state index contributed by atoms with van der Waals surface area (Å²) in [5.74, 6) is 0.955. The zero-order valence-electron chi connectivity index (χ0n) is 9.74. The molecule has 0 saturated heterocycles. The molecule has 0 amide bonds. The van der Waals surface area contributed by atoms with E-state index >= 15 is 0 Å². The van der Waals surface area contributed by atoms with Crippen molar-refractivity contribution >= 4 is 33.1 Å². The summed E-state index contributed by atoms with van der Waals surface area (Å²) in [7, 11) is 0. The lowest BCUT2D eigenvalue weighted by molar-refractivity contribution is 0.627. The molecule has 0 aromatic carbocycles. The van der Waals surface area contributed by atoms with Crippen molar-refractivity contribution < 1.29 is 0 Å². The second-order valence-corrected chi connectivity index (χ2v) is 6.68. The lowest BCUT2D eigenvalue weighted by Gasteiger charge is -2.18. The van der Waals surface area contributed by atoms with Gasteiger partial charge in [-0.05, 0) is 28.1 Å². The molecular weight excluding hydrogens is 312 g/mol. The highest BCUT2D eigenvalue weighted by molar-refractivity contribution is 9.11. The van der Waals surface area contributed by atoms with Crippen molar-refractivity contribution in [1.82, 2.24) is 15.3 Å². The molecule has 1 aliphatic heterocycles. The minimum atomic E-state index is 0.805. The van der Waals surface area contributed by atoms with E-state index in [-0.39, 0.29) is 0 Å². The second kappa shape index (κ2) is 5.34. The molecule has 3 rings (SSSR count). The van der Waals surface area contributed by atoms with E-state index in [0.29, 0.717) is 0 Å². The van der Waals surface area contributed by atoms with Crippen LogP contribution in [0.2, 0.25) is 0 Å². The van der Waals surface area contributed by atoms with E-state index in [2.05, 4.69) is 48.7 Å². The molecule has 2 aromatic heterocycles. The molecule has 3 heterocycles. The van der Waals surface area contributed by atoms with Gasteiger partial charge in [0.05, 0.1) is 16.0 Å². The van der Waals surface area contributed by atoms with E-state index in [0.717, 1.165) is 35.7 Å². The van der Waals surface area contributed by atoms with Crippen molar-refractivity contribution in [3.8, 4) is 0 Å². The van der Waals surface area contributed by atoms with E-state index in [1.807, 2.05) is 0 Å². The Hall–Kier alpha value is -0.980. The molecule has 2 N–H and O–H groups in total. The summed E-state index contributed by atoms with van der Waals surface area (Å²) in [4.78, 5) is 9.98. The quantitative estimate of drug-likeness (QED) is 0.911. The molecule has 0 atom stereocenters. The number of aromatic nitrogens is 2. The first kappa shape index (κ1) is 12.1. The van der Waals surface area contributed by atoms with Crippen LogP contribution < -0.4 is 10.6 Å². The predicted octanol–water partition coefficient (Wildman–Crippen LogP) is 2.56. The molecule has 1 aliphatic rings. The van der Waals surface area contributed by atoms with Gasteiger partial charge in [-0.15, -0.1) is 11.3 Å². The van der Waals surface area contributed by atoms with Gasteiger partial charge in [-0.25, -0.2) is 9.97 Å². The normalized spacial score (nSPS) is 14.3. The van der Waals surface area contributed by atoms with Gasteiger partial charge in [-0.2, -0.15) is 0 Å². The number of thiophene rings is 1. The van der Waals surface area contributed by atoms with E-state index in [1.54, 1.807) is 17.7 Å². The third-order valence-electron chi connectivity index (χ3n) is 2.93. The lowest BCUT2D eigenvalue weighted by Crippen LogP contribution is -2.26. The molecule has 6 heteroatoms. The van der Waals surface area contributed by atoms with Crippen LogP contribution in [0.4, 0.5) is 5.82 Å². The maximum absolute atomic E-state index is 4.34. The Morgan fingerprint density at radius 1 is 1.39 bits per heavy atom. The molecule has 2 aromatic rings. The summed E-state index contributed by atoms with van der Waals surface area (Å²) in [5, 5.41) is 6.76. The molecule has 0 saturated carbocycles. The molecule has 0 unspecified atom stereocenters. The summed E-state index contributed by atoms with van der Waals surface area (Å²) in [5.41, 5.74) is 2.37. The number of fused-ring (bicyclic) bond motifs is 1. The van der Waals surface area contributed by atoms with Gasteiger partial charge in [0.15, 0.2) is 0 Å². The summed E-state index contributed by atoms with van der Waals surface area (Å²) in [6.45, 7) is 2.66. The molecule has 0 radical (unpaired) electrons. The zero-order valence-corrected chi connectivity index (χ0v) is 12.1. The average Bonchev–Trinajstić information content (AvgIpc) is 2.82. The molecule has 4 nitrogen and oxygen atoms in total. The van der Waals surface area contributed by atoms with Crippen LogP contribution in [0.15, 0.2) is 22.2 Å². The molecule has 0 aliphatic carbocycles. The van der Waals surface area contributed by atoms with Crippen LogP contribution in [0.3, 0.4) is 0 Å². The van der Waals surface area contributed by atoms with E-state index < -0.39 is 0 Å². The second-order valence-electron chi connectivity index (χ2n) is 4.13. The summed E-state index contributed by atoms with van der Waals surface area (Å²) in [6, 6.07) is 4.19. The highest BCUT2D eigenvalue weighted by atomic mass is 79.9. The Morgan fingerprint density at radius 3 is 3.17 bits per heavy atom. The number of nitrogens with zero attached hydrogens (tertiary/aromatic N) is 2. The maximum Gasteiger partial charge on any atom is 0.134 e. The minimum absolute atomic E-state index is 0.805. The Balaban J connectivity index is 1.76. The van der Waals surface area contributed by atoms with Gasteiger partial charge >= 0.3 is 0 Å². The number of hydrogen-bond donors (Lipinski definition) is 2. The standard InChI is InChI=1S/C12H13BrN4S/c13-11-2-1-8(18-11)5-15-12-9-6-14-4-3-10(9)16-7-17-12/h1-2,7,14H,3-6H2,(H,15,16,17). The van der Waals surface area contributed by atoms with Crippen molar-refractivity contribution in [3.63, 3.8) is 0 Å². The first-order chi connectivity index (χ1) is 8.83. The Bertz CT molecular complexity index is 555. The fraction of sp³-hybridized carbons (Fsp3) is 0.333. The van der Waals surface area contributed by atoms with Crippen molar-refractivity contribution in [2.45, 2.75) is 19.5 Å². The van der Waals surface area contributed by atoms with Crippen LogP contribution in [0, 0.1) is 0 Å². The number of rotatable bonds is 3. The fourth-order valence-corrected chi connectivity index (χ4v) is 3.46. The van der Waals surface area contributed by atoms with Gasteiger partial charge < -0.3 is 10.6 Å². The number of halogens is 1. The van der Waals surface area contributed by atoms with Crippen LogP contribution in [0.1, 0.15) is 16.1 Å². The first-order valence-electron chi connectivity index (χ1n) is 5.84.